The van der Waals surface area contributed by atoms with Gasteiger partial charge in [0.1, 0.15) is 0 Å². The summed E-state index contributed by atoms with van der Waals surface area (Å²) in [5, 5.41) is 0. The van der Waals surface area contributed by atoms with E-state index in [1.54, 1.807) is 0 Å². The van der Waals surface area contributed by atoms with Crippen molar-refractivity contribution >= 4 is 5.78 Å². The molecule has 1 nitrogen and oxygen atoms in total. The van der Waals surface area contributed by atoms with Crippen LogP contribution in [0.25, 0.3) is 0 Å². The highest BCUT2D eigenvalue weighted by atomic mass is 16.1. The van der Waals surface area contributed by atoms with Crippen LogP contribution in [-0.2, 0) is 4.79 Å². The Kier molecular flexibility index (Phi) is 5.44. The Hall–Kier alpha value is -0.590. The minimum Gasteiger partial charge on any atom is -0.295 e. The van der Waals surface area contributed by atoms with E-state index >= 15 is 0 Å². The van der Waals surface area contributed by atoms with Gasteiger partial charge in [-0.3, -0.25) is 4.79 Å². The summed E-state index contributed by atoms with van der Waals surface area (Å²) in [6, 6.07) is 0. The topological polar surface area (TPSA) is 17.1 Å². The van der Waals surface area contributed by atoms with E-state index in [9.17, 15) is 4.79 Å². The van der Waals surface area contributed by atoms with Crippen molar-refractivity contribution in [1.82, 2.24) is 0 Å². The molecule has 0 unspecified atom stereocenters. The molecule has 0 radical (unpaired) electrons. The summed E-state index contributed by atoms with van der Waals surface area (Å²) >= 11 is 0. The molecule has 0 bridgehead atoms. The van der Waals surface area contributed by atoms with Crippen molar-refractivity contribution in [1.29, 1.82) is 0 Å². The van der Waals surface area contributed by atoms with Gasteiger partial charge in [0.15, 0.2) is 5.78 Å². The van der Waals surface area contributed by atoms with Gasteiger partial charge in [-0.1, -0.05) is 54.0 Å². The lowest BCUT2D eigenvalue weighted by Crippen LogP contribution is -2.12. The zero-order chi connectivity index (χ0) is 13.0. The third kappa shape index (κ3) is 8.70. The van der Waals surface area contributed by atoms with Crippen molar-refractivity contribution in [2.24, 2.45) is 10.8 Å². The molecule has 16 heavy (non-hydrogen) atoms. The fourth-order valence-corrected chi connectivity index (χ4v) is 1.76. The van der Waals surface area contributed by atoms with E-state index < -0.39 is 0 Å². The first-order chi connectivity index (χ1) is 7.03. The van der Waals surface area contributed by atoms with Crippen LogP contribution >= 0.6 is 0 Å². The Morgan fingerprint density at radius 1 is 0.938 bits per heavy atom. The second-order valence-electron chi connectivity index (χ2n) is 7.10. The molecule has 0 amide bonds. The SMILES string of the molecule is CC/C(=C\C(=O)CC(C)(C)C)CC(C)(C)C. The second kappa shape index (κ2) is 5.65. The van der Waals surface area contributed by atoms with Crippen LogP contribution in [0.2, 0.25) is 0 Å². The van der Waals surface area contributed by atoms with E-state index in [2.05, 4.69) is 48.5 Å². The fourth-order valence-electron chi connectivity index (χ4n) is 1.76. The van der Waals surface area contributed by atoms with Crippen LogP contribution < -0.4 is 0 Å². The van der Waals surface area contributed by atoms with Gasteiger partial charge in [-0.2, -0.15) is 0 Å². The van der Waals surface area contributed by atoms with Crippen LogP contribution in [0.4, 0.5) is 0 Å². The summed E-state index contributed by atoms with van der Waals surface area (Å²) < 4.78 is 0. The van der Waals surface area contributed by atoms with Gasteiger partial charge < -0.3 is 0 Å². The molecule has 0 spiro atoms. The highest BCUT2D eigenvalue weighted by Crippen LogP contribution is 2.26. The van der Waals surface area contributed by atoms with Gasteiger partial charge in [0.2, 0.25) is 0 Å². The zero-order valence-corrected chi connectivity index (χ0v) is 12.1. The Morgan fingerprint density at radius 2 is 1.38 bits per heavy atom. The van der Waals surface area contributed by atoms with Gasteiger partial charge in [0.05, 0.1) is 0 Å². The first-order valence-corrected chi connectivity index (χ1v) is 6.26. The molecule has 0 aromatic heterocycles. The van der Waals surface area contributed by atoms with Crippen LogP contribution in [0.15, 0.2) is 11.6 Å². The van der Waals surface area contributed by atoms with Crippen molar-refractivity contribution in [2.75, 3.05) is 0 Å². The molecule has 94 valence electrons. The molecule has 1 heteroatoms. The number of rotatable bonds is 4. The van der Waals surface area contributed by atoms with Crippen molar-refractivity contribution in [3.63, 3.8) is 0 Å². The molecule has 0 aromatic rings. The first kappa shape index (κ1) is 15.4. The van der Waals surface area contributed by atoms with Crippen molar-refractivity contribution in [2.45, 2.75) is 67.7 Å². The minimum atomic E-state index is 0.0914. The number of ketones is 1. The number of carbonyl (C=O) groups is 1. The Labute approximate surface area is 101 Å². The standard InChI is InChI=1S/C15H28O/c1-8-12(10-14(2,3)4)9-13(16)11-15(5,6)7/h9H,8,10-11H2,1-7H3/b12-9+. The molecule has 0 atom stereocenters. The lowest BCUT2D eigenvalue weighted by atomic mass is 9.85. The number of hydrogen-bond acceptors (Lipinski definition) is 1. The minimum absolute atomic E-state index is 0.0914. The summed E-state index contributed by atoms with van der Waals surface area (Å²) in [5.41, 5.74) is 1.64. The van der Waals surface area contributed by atoms with Gasteiger partial charge in [-0.25, -0.2) is 0 Å². The fraction of sp³-hybridized carbons (Fsp3) is 0.800. The van der Waals surface area contributed by atoms with Crippen molar-refractivity contribution in [3.05, 3.63) is 11.6 Å². The van der Waals surface area contributed by atoms with Crippen molar-refractivity contribution in [3.8, 4) is 0 Å². The average molecular weight is 224 g/mol. The Morgan fingerprint density at radius 3 is 1.69 bits per heavy atom. The maximum absolute atomic E-state index is 11.8. The molecular formula is C15H28O. The maximum atomic E-state index is 11.8. The van der Waals surface area contributed by atoms with E-state index in [-0.39, 0.29) is 16.6 Å². The van der Waals surface area contributed by atoms with Gasteiger partial charge in [0, 0.05) is 6.42 Å². The van der Waals surface area contributed by atoms with E-state index in [0.29, 0.717) is 6.42 Å². The summed E-state index contributed by atoms with van der Waals surface area (Å²) in [6.07, 6.45) is 4.50. The summed E-state index contributed by atoms with van der Waals surface area (Å²) in [7, 11) is 0. The van der Waals surface area contributed by atoms with Gasteiger partial charge in [0.25, 0.3) is 0 Å². The molecule has 0 aromatic carbocycles. The van der Waals surface area contributed by atoms with E-state index in [0.717, 1.165) is 12.8 Å². The van der Waals surface area contributed by atoms with Crippen LogP contribution in [-0.4, -0.2) is 5.78 Å². The number of carbonyl (C=O) groups excluding carboxylic acids is 1. The molecule has 0 rings (SSSR count). The predicted octanol–water partition coefficient (Wildman–Crippen LogP) is 4.76. The molecule has 0 N–H and O–H groups in total. The van der Waals surface area contributed by atoms with Gasteiger partial charge in [-0.05, 0) is 29.7 Å². The normalized spacial score (nSPS) is 14.1. The molecule has 0 heterocycles. The number of allylic oxidation sites excluding steroid dienone is 2. The third-order valence-electron chi connectivity index (χ3n) is 2.28. The first-order valence-electron chi connectivity index (χ1n) is 6.26. The summed E-state index contributed by atoms with van der Waals surface area (Å²) in [6.45, 7) is 15.1. The second-order valence-corrected chi connectivity index (χ2v) is 7.10. The molecule has 0 saturated carbocycles. The molecule has 0 saturated heterocycles. The van der Waals surface area contributed by atoms with Gasteiger partial charge >= 0.3 is 0 Å². The largest absolute Gasteiger partial charge is 0.295 e. The molecule has 0 aliphatic heterocycles. The molecule has 0 aliphatic carbocycles. The number of hydrogen-bond donors (Lipinski definition) is 0. The highest BCUT2D eigenvalue weighted by Gasteiger charge is 2.16. The molecular weight excluding hydrogens is 196 g/mol. The Bertz CT molecular complexity index is 258. The van der Waals surface area contributed by atoms with Crippen LogP contribution in [0.3, 0.4) is 0 Å². The van der Waals surface area contributed by atoms with Crippen LogP contribution in [0, 0.1) is 10.8 Å². The van der Waals surface area contributed by atoms with Crippen molar-refractivity contribution < 1.29 is 4.79 Å². The van der Waals surface area contributed by atoms with E-state index in [1.807, 2.05) is 6.08 Å². The summed E-state index contributed by atoms with van der Waals surface area (Å²) in [5.74, 6) is 0.272. The predicted molar refractivity (Wildman–Crippen MR) is 71.5 cm³/mol. The van der Waals surface area contributed by atoms with E-state index in [1.165, 1.54) is 5.57 Å². The lowest BCUT2D eigenvalue weighted by molar-refractivity contribution is -0.116. The zero-order valence-electron chi connectivity index (χ0n) is 12.1. The van der Waals surface area contributed by atoms with E-state index in [4.69, 9.17) is 0 Å². The smallest absolute Gasteiger partial charge is 0.156 e. The van der Waals surface area contributed by atoms with Crippen LogP contribution in [0.1, 0.15) is 67.7 Å². The average Bonchev–Trinajstić information content (AvgIpc) is 1.96. The Balaban J connectivity index is 4.53. The monoisotopic (exact) mass is 224 g/mol. The maximum Gasteiger partial charge on any atom is 0.156 e. The highest BCUT2D eigenvalue weighted by molar-refractivity contribution is 5.90. The molecule has 0 fully saturated rings. The third-order valence-corrected chi connectivity index (χ3v) is 2.28. The van der Waals surface area contributed by atoms with Gasteiger partial charge in [-0.15, -0.1) is 0 Å². The lowest BCUT2D eigenvalue weighted by Gasteiger charge is -2.20. The summed E-state index contributed by atoms with van der Waals surface area (Å²) in [4.78, 5) is 11.8. The van der Waals surface area contributed by atoms with Crippen LogP contribution in [0.5, 0.6) is 0 Å². The quantitative estimate of drug-likeness (QED) is 0.629. The molecule has 0 aliphatic rings.